The van der Waals surface area contributed by atoms with Crippen molar-refractivity contribution >= 4 is 11.6 Å². The first-order valence-corrected chi connectivity index (χ1v) is 3.99. The number of allylic oxidation sites excluding steroid dienone is 2. The van der Waals surface area contributed by atoms with E-state index in [0.29, 0.717) is 12.0 Å². The summed E-state index contributed by atoms with van der Waals surface area (Å²) in [5, 5.41) is 9.31. The Balaban J connectivity index is 2.48. The van der Waals surface area contributed by atoms with Gasteiger partial charge in [0.2, 0.25) is 0 Å². The summed E-state index contributed by atoms with van der Waals surface area (Å²) < 4.78 is 4.86. The molecule has 1 heterocycles. The van der Waals surface area contributed by atoms with E-state index in [2.05, 4.69) is 0 Å². The molecule has 13 heavy (non-hydrogen) atoms. The standard InChI is InChI=1S/C9H8O4/c10-6-1-2-7(11)8-5(6)3-4-13-9(8)12/h1-2,9,12H,3-4H2. The lowest BCUT2D eigenvalue weighted by molar-refractivity contribution is -0.125. The van der Waals surface area contributed by atoms with Crippen molar-refractivity contribution in [3.8, 4) is 0 Å². The van der Waals surface area contributed by atoms with Gasteiger partial charge in [0, 0.05) is 12.0 Å². The van der Waals surface area contributed by atoms with Gasteiger partial charge in [-0.15, -0.1) is 0 Å². The van der Waals surface area contributed by atoms with Gasteiger partial charge in [0.25, 0.3) is 0 Å². The Morgan fingerprint density at radius 2 is 2.00 bits per heavy atom. The van der Waals surface area contributed by atoms with E-state index in [0.717, 1.165) is 0 Å². The molecule has 0 aromatic rings. The zero-order valence-corrected chi connectivity index (χ0v) is 6.82. The predicted octanol–water partition coefficient (Wildman–Crippen LogP) is -0.270. The molecule has 1 aliphatic carbocycles. The lowest BCUT2D eigenvalue weighted by Crippen LogP contribution is -2.31. The largest absolute Gasteiger partial charge is 0.364 e. The monoisotopic (exact) mass is 180 g/mol. The smallest absolute Gasteiger partial charge is 0.187 e. The minimum atomic E-state index is -1.23. The minimum absolute atomic E-state index is 0.110. The molecule has 0 saturated heterocycles. The highest BCUT2D eigenvalue weighted by molar-refractivity contribution is 6.20. The number of ketones is 2. The third-order valence-corrected chi connectivity index (χ3v) is 2.15. The molecule has 1 unspecified atom stereocenters. The van der Waals surface area contributed by atoms with Crippen LogP contribution in [-0.4, -0.2) is 29.6 Å². The molecular formula is C9H8O4. The summed E-state index contributed by atoms with van der Waals surface area (Å²) in [6.45, 7) is 0.285. The molecule has 0 aromatic heterocycles. The second-order valence-corrected chi connectivity index (χ2v) is 2.93. The van der Waals surface area contributed by atoms with Gasteiger partial charge in [0.05, 0.1) is 12.2 Å². The maximum absolute atomic E-state index is 11.3. The van der Waals surface area contributed by atoms with Crippen LogP contribution >= 0.6 is 0 Å². The normalized spacial score (nSPS) is 27.9. The van der Waals surface area contributed by atoms with Crippen molar-refractivity contribution in [2.75, 3.05) is 6.61 Å². The first-order valence-electron chi connectivity index (χ1n) is 3.99. The fraction of sp³-hybridized carbons (Fsp3) is 0.333. The van der Waals surface area contributed by atoms with E-state index >= 15 is 0 Å². The Morgan fingerprint density at radius 1 is 1.31 bits per heavy atom. The van der Waals surface area contributed by atoms with Crippen molar-refractivity contribution in [3.05, 3.63) is 23.3 Å². The van der Waals surface area contributed by atoms with Gasteiger partial charge < -0.3 is 9.84 Å². The predicted molar refractivity (Wildman–Crippen MR) is 42.8 cm³/mol. The third kappa shape index (κ3) is 1.24. The molecule has 0 radical (unpaired) electrons. The molecule has 2 aliphatic rings. The van der Waals surface area contributed by atoms with Gasteiger partial charge in [-0.1, -0.05) is 0 Å². The van der Waals surface area contributed by atoms with Gasteiger partial charge >= 0.3 is 0 Å². The van der Waals surface area contributed by atoms with E-state index in [-0.39, 0.29) is 23.7 Å². The van der Waals surface area contributed by atoms with Crippen LogP contribution in [0.15, 0.2) is 23.3 Å². The fourth-order valence-corrected chi connectivity index (χ4v) is 1.51. The van der Waals surface area contributed by atoms with Gasteiger partial charge in [-0.25, -0.2) is 0 Å². The summed E-state index contributed by atoms with van der Waals surface area (Å²) in [5.41, 5.74) is 0.505. The number of aliphatic hydroxyl groups is 1. The molecule has 1 aliphatic heterocycles. The number of carbonyl (C=O) groups is 2. The quantitative estimate of drug-likeness (QED) is 0.521. The molecule has 1 N–H and O–H groups in total. The summed E-state index contributed by atoms with van der Waals surface area (Å²) >= 11 is 0. The highest BCUT2D eigenvalue weighted by Crippen LogP contribution is 2.25. The van der Waals surface area contributed by atoms with Crippen molar-refractivity contribution in [1.82, 2.24) is 0 Å². The second kappa shape index (κ2) is 2.90. The summed E-state index contributed by atoms with van der Waals surface area (Å²) in [7, 11) is 0. The SMILES string of the molecule is O=C1C=CC(=O)C2=C1CCOC2O. The highest BCUT2D eigenvalue weighted by Gasteiger charge is 2.31. The first kappa shape index (κ1) is 8.34. The molecular weight excluding hydrogens is 172 g/mol. The molecule has 68 valence electrons. The van der Waals surface area contributed by atoms with Crippen molar-refractivity contribution < 1.29 is 19.4 Å². The topological polar surface area (TPSA) is 63.6 Å². The molecule has 0 saturated carbocycles. The third-order valence-electron chi connectivity index (χ3n) is 2.15. The van der Waals surface area contributed by atoms with E-state index in [1.54, 1.807) is 0 Å². The number of hydrogen-bond donors (Lipinski definition) is 1. The van der Waals surface area contributed by atoms with Crippen LogP contribution in [0.1, 0.15) is 6.42 Å². The van der Waals surface area contributed by atoms with Crippen LogP contribution in [0.3, 0.4) is 0 Å². The Hall–Kier alpha value is -1.26. The molecule has 0 spiro atoms. The average molecular weight is 180 g/mol. The first-order chi connectivity index (χ1) is 6.20. The van der Waals surface area contributed by atoms with Crippen LogP contribution in [0, 0.1) is 0 Å². The number of ether oxygens (including phenoxy) is 1. The molecule has 0 fully saturated rings. The second-order valence-electron chi connectivity index (χ2n) is 2.93. The molecule has 0 amide bonds. The van der Waals surface area contributed by atoms with Crippen molar-refractivity contribution in [3.63, 3.8) is 0 Å². The number of aliphatic hydroxyl groups excluding tert-OH is 1. The van der Waals surface area contributed by atoms with E-state index in [4.69, 9.17) is 4.74 Å². The molecule has 4 heteroatoms. The average Bonchev–Trinajstić information content (AvgIpc) is 2.12. The summed E-state index contributed by atoms with van der Waals surface area (Å²) in [6.07, 6.45) is 1.57. The van der Waals surface area contributed by atoms with Crippen LogP contribution in [-0.2, 0) is 14.3 Å². The lowest BCUT2D eigenvalue weighted by atomic mass is 9.91. The minimum Gasteiger partial charge on any atom is -0.364 e. The molecule has 4 nitrogen and oxygen atoms in total. The number of hydrogen-bond acceptors (Lipinski definition) is 4. The maximum atomic E-state index is 11.3. The highest BCUT2D eigenvalue weighted by atomic mass is 16.6. The van der Waals surface area contributed by atoms with Gasteiger partial charge in [-0.3, -0.25) is 9.59 Å². The summed E-state index contributed by atoms with van der Waals surface area (Å²) in [6, 6.07) is 0. The molecule has 2 rings (SSSR count). The number of rotatable bonds is 0. The van der Waals surface area contributed by atoms with Crippen LogP contribution in [0.2, 0.25) is 0 Å². The van der Waals surface area contributed by atoms with Crippen molar-refractivity contribution in [2.45, 2.75) is 12.7 Å². The molecule has 0 aromatic carbocycles. The number of carbonyl (C=O) groups excluding carboxylic acids is 2. The maximum Gasteiger partial charge on any atom is 0.187 e. The Kier molecular flexibility index (Phi) is 1.86. The Morgan fingerprint density at radius 3 is 2.69 bits per heavy atom. The molecule has 1 atom stereocenters. The van der Waals surface area contributed by atoms with Gasteiger partial charge in [0.15, 0.2) is 17.9 Å². The van der Waals surface area contributed by atoms with Crippen LogP contribution in [0.5, 0.6) is 0 Å². The van der Waals surface area contributed by atoms with Crippen LogP contribution in [0.4, 0.5) is 0 Å². The lowest BCUT2D eigenvalue weighted by Gasteiger charge is -2.24. The summed E-state index contributed by atoms with van der Waals surface area (Å²) in [5.74, 6) is -0.529. The van der Waals surface area contributed by atoms with Crippen LogP contribution in [0.25, 0.3) is 0 Å². The van der Waals surface area contributed by atoms with E-state index in [1.807, 2.05) is 0 Å². The Bertz CT molecular complexity index is 338. The van der Waals surface area contributed by atoms with Gasteiger partial charge in [-0.05, 0) is 12.2 Å². The van der Waals surface area contributed by atoms with E-state index < -0.39 is 6.29 Å². The summed E-state index contributed by atoms with van der Waals surface area (Å²) in [4.78, 5) is 22.5. The van der Waals surface area contributed by atoms with Crippen molar-refractivity contribution in [1.29, 1.82) is 0 Å². The zero-order chi connectivity index (χ0) is 9.42. The fourth-order valence-electron chi connectivity index (χ4n) is 1.51. The van der Waals surface area contributed by atoms with Crippen LogP contribution < -0.4 is 0 Å². The Labute approximate surface area is 74.5 Å². The molecule has 0 bridgehead atoms. The van der Waals surface area contributed by atoms with Crippen molar-refractivity contribution in [2.24, 2.45) is 0 Å². The van der Waals surface area contributed by atoms with E-state index in [1.165, 1.54) is 12.2 Å². The van der Waals surface area contributed by atoms with Gasteiger partial charge in [0.1, 0.15) is 0 Å². The van der Waals surface area contributed by atoms with E-state index in [9.17, 15) is 14.7 Å². The van der Waals surface area contributed by atoms with Gasteiger partial charge in [-0.2, -0.15) is 0 Å². The zero-order valence-electron chi connectivity index (χ0n) is 6.82.